The van der Waals surface area contributed by atoms with E-state index in [9.17, 15) is 0 Å². The molecule has 0 amide bonds. The maximum atomic E-state index is 6.27. The summed E-state index contributed by atoms with van der Waals surface area (Å²) in [6.07, 6.45) is 1.72. The molecule has 3 aromatic rings. The molecule has 138 valence electrons. The third-order valence-corrected chi connectivity index (χ3v) is 4.72. The van der Waals surface area contributed by atoms with Gasteiger partial charge < -0.3 is 20.1 Å². The molecule has 0 spiro atoms. The van der Waals surface area contributed by atoms with E-state index in [0.717, 1.165) is 11.3 Å². The highest BCUT2D eigenvalue weighted by Crippen LogP contribution is 2.34. The number of halogens is 2. The number of aromatic nitrogens is 2. The molecule has 1 aliphatic heterocycles. The lowest BCUT2D eigenvalue weighted by Crippen LogP contribution is -2.19. The summed E-state index contributed by atoms with van der Waals surface area (Å²) in [4.78, 5) is 0. The van der Waals surface area contributed by atoms with Crippen molar-refractivity contribution in [2.24, 2.45) is 0 Å². The van der Waals surface area contributed by atoms with Crippen LogP contribution in [0.4, 0.5) is 11.5 Å². The van der Waals surface area contributed by atoms with Crippen molar-refractivity contribution in [3.8, 4) is 11.5 Å². The van der Waals surface area contributed by atoms with Crippen LogP contribution in [0, 0.1) is 0 Å². The summed E-state index contributed by atoms with van der Waals surface area (Å²) in [5.74, 6) is 1.84. The summed E-state index contributed by atoms with van der Waals surface area (Å²) < 4.78 is 12.3. The van der Waals surface area contributed by atoms with Gasteiger partial charge in [0.15, 0.2) is 22.4 Å². The van der Waals surface area contributed by atoms with Crippen molar-refractivity contribution in [2.45, 2.75) is 6.54 Å². The van der Waals surface area contributed by atoms with Crippen molar-refractivity contribution in [3.63, 3.8) is 0 Å². The number of thiocarbonyl (C=S) groups is 1. The van der Waals surface area contributed by atoms with Gasteiger partial charge in [0, 0.05) is 23.0 Å². The Hall–Kier alpha value is -2.48. The minimum absolute atomic E-state index is 0.222. The van der Waals surface area contributed by atoms with Crippen molar-refractivity contribution in [2.75, 3.05) is 17.4 Å². The molecular weight excluding hydrogens is 407 g/mol. The zero-order chi connectivity index (χ0) is 18.8. The average molecular weight is 421 g/mol. The second-order valence-electron chi connectivity index (χ2n) is 5.76. The Morgan fingerprint density at radius 1 is 1.07 bits per heavy atom. The number of nitrogens with one attached hydrogen (secondary N) is 2. The molecule has 1 aromatic heterocycles. The lowest BCUT2D eigenvalue weighted by atomic mass is 10.2. The topological polar surface area (TPSA) is 60.3 Å². The minimum atomic E-state index is 0.222. The second-order valence-corrected chi connectivity index (χ2v) is 6.98. The fourth-order valence-electron chi connectivity index (χ4n) is 2.61. The van der Waals surface area contributed by atoms with Crippen molar-refractivity contribution in [1.82, 2.24) is 9.78 Å². The van der Waals surface area contributed by atoms with Crippen LogP contribution in [0.1, 0.15) is 5.56 Å². The number of nitrogens with zero attached hydrogens (tertiary/aromatic N) is 2. The maximum absolute atomic E-state index is 6.27. The van der Waals surface area contributed by atoms with Crippen molar-refractivity contribution in [3.05, 3.63) is 64.3 Å². The Kier molecular flexibility index (Phi) is 5.07. The van der Waals surface area contributed by atoms with E-state index in [-0.39, 0.29) is 6.79 Å². The van der Waals surface area contributed by atoms with E-state index in [1.807, 2.05) is 42.5 Å². The summed E-state index contributed by atoms with van der Waals surface area (Å²) in [5.41, 5.74) is 1.72. The Morgan fingerprint density at radius 3 is 2.74 bits per heavy atom. The number of hydrogen-bond donors (Lipinski definition) is 2. The summed E-state index contributed by atoms with van der Waals surface area (Å²) >= 11 is 17.8. The molecule has 6 nitrogen and oxygen atoms in total. The maximum Gasteiger partial charge on any atom is 0.231 e. The highest BCUT2D eigenvalue weighted by Gasteiger charge is 2.14. The normalized spacial score (nSPS) is 12.1. The van der Waals surface area contributed by atoms with Gasteiger partial charge in [-0.3, -0.25) is 4.68 Å². The molecule has 0 atom stereocenters. The monoisotopic (exact) mass is 420 g/mol. The predicted octanol–water partition coefficient (Wildman–Crippen LogP) is 4.78. The van der Waals surface area contributed by atoms with Crippen LogP contribution < -0.4 is 20.1 Å². The Balaban J connectivity index is 1.42. The fraction of sp³-hybridized carbons (Fsp3) is 0.111. The van der Waals surface area contributed by atoms with Gasteiger partial charge in [0.2, 0.25) is 6.79 Å². The number of fused-ring (bicyclic) bond motifs is 1. The van der Waals surface area contributed by atoms with E-state index >= 15 is 0 Å². The molecule has 0 saturated heterocycles. The number of benzene rings is 2. The smallest absolute Gasteiger partial charge is 0.231 e. The zero-order valence-corrected chi connectivity index (χ0v) is 16.2. The molecule has 0 saturated carbocycles. The standard InChI is InChI=1S/C18H14Cl2N4O2S/c19-13-4-2-1-3-11(13)8-24-9-14(20)17(23-24)22-18(27)21-12-5-6-15-16(7-12)26-10-25-15/h1-7,9H,8,10H2,(H2,21,22,23,27). The summed E-state index contributed by atoms with van der Waals surface area (Å²) in [6, 6.07) is 13.1. The van der Waals surface area contributed by atoms with Crippen LogP contribution in [0.5, 0.6) is 11.5 Å². The van der Waals surface area contributed by atoms with Crippen LogP contribution in [0.15, 0.2) is 48.7 Å². The van der Waals surface area contributed by atoms with Gasteiger partial charge in [-0.2, -0.15) is 5.10 Å². The van der Waals surface area contributed by atoms with Gasteiger partial charge in [0.1, 0.15) is 5.02 Å². The SMILES string of the molecule is S=C(Nc1ccc2c(c1)OCO2)Nc1nn(Cc2ccccc2Cl)cc1Cl. The first-order chi connectivity index (χ1) is 13.1. The number of rotatable bonds is 4. The van der Waals surface area contributed by atoms with Crippen LogP contribution in [0.3, 0.4) is 0 Å². The first-order valence-electron chi connectivity index (χ1n) is 8.02. The summed E-state index contributed by atoms with van der Waals surface area (Å²) in [5, 5.41) is 12.0. The molecule has 0 fully saturated rings. The molecule has 0 aliphatic carbocycles. The number of anilines is 2. The highest BCUT2D eigenvalue weighted by atomic mass is 35.5. The fourth-order valence-corrected chi connectivity index (χ4v) is 3.22. The van der Waals surface area contributed by atoms with Crippen LogP contribution in [-0.4, -0.2) is 21.7 Å². The Bertz CT molecular complexity index is 1010. The molecule has 1 aliphatic rings. The summed E-state index contributed by atoms with van der Waals surface area (Å²) in [6.45, 7) is 0.726. The second kappa shape index (κ2) is 7.64. The van der Waals surface area contributed by atoms with Crippen LogP contribution in [0.25, 0.3) is 0 Å². The van der Waals surface area contributed by atoms with Gasteiger partial charge in [-0.15, -0.1) is 0 Å². The quantitative estimate of drug-likeness (QED) is 0.592. The van der Waals surface area contributed by atoms with Gasteiger partial charge in [0.05, 0.1) is 6.54 Å². The number of ether oxygens (including phenoxy) is 2. The molecule has 2 heterocycles. The van der Waals surface area contributed by atoms with E-state index in [2.05, 4.69) is 15.7 Å². The van der Waals surface area contributed by atoms with Gasteiger partial charge in [0.25, 0.3) is 0 Å². The van der Waals surface area contributed by atoms with E-state index in [1.54, 1.807) is 10.9 Å². The molecule has 0 unspecified atom stereocenters. The molecular formula is C18H14Cl2N4O2S. The lowest BCUT2D eigenvalue weighted by molar-refractivity contribution is 0.174. The van der Waals surface area contributed by atoms with Gasteiger partial charge in [-0.05, 0) is 36.0 Å². The predicted molar refractivity (Wildman–Crippen MR) is 110 cm³/mol. The van der Waals surface area contributed by atoms with Crippen LogP contribution in [0.2, 0.25) is 10.0 Å². The first kappa shape index (κ1) is 17.9. The van der Waals surface area contributed by atoms with E-state index in [4.69, 9.17) is 44.9 Å². The van der Waals surface area contributed by atoms with Gasteiger partial charge in [-0.25, -0.2) is 0 Å². The van der Waals surface area contributed by atoms with Gasteiger partial charge in [-0.1, -0.05) is 41.4 Å². The molecule has 0 radical (unpaired) electrons. The lowest BCUT2D eigenvalue weighted by Gasteiger charge is -2.09. The molecule has 27 heavy (non-hydrogen) atoms. The van der Waals surface area contributed by atoms with Crippen molar-refractivity contribution >= 4 is 52.0 Å². The van der Waals surface area contributed by atoms with Crippen LogP contribution in [-0.2, 0) is 6.54 Å². The van der Waals surface area contributed by atoms with E-state index in [1.165, 1.54) is 0 Å². The molecule has 9 heteroatoms. The largest absolute Gasteiger partial charge is 0.454 e. The van der Waals surface area contributed by atoms with E-state index < -0.39 is 0 Å². The van der Waals surface area contributed by atoms with Crippen LogP contribution >= 0.6 is 35.4 Å². The third kappa shape index (κ3) is 4.10. The Labute approximate surface area is 171 Å². The molecule has 0 bridgehead atoms. The Morgan fingerprint density at radius 2 is 1.89 bits per heavy atom. The summed E-state index contributed by atoms with van der Waals surface area (Å²) in [7, 11) is 0. The van der Waals surface area contributed by atoms with E-state index in [0.29, 0.717) is 39.0 Å². The average Bonchev–Trinajstić information content (AvgIpc) is 3.23. The minimum Gasteiger partial charge on any atom is -0.454 e. The molecule has 2 aromatic carbocycles. The van der Waals surface area contributed by atoms with Crippen molar-refractivity contribution < 1.29 is 9.47 Å². The highest BCUT2D eigenvalue weighted by molar-refractivity contribution is 7.80. The van der Waals surface area contributed by atoms with Gasteiger partial charge >= 0.3 is 0 Å². The van der Waals surface area contributed by atoms with Crippen molar-refractivity contribution in [1.29, 1.82) is 0 Å². The molecule has 4 rings (SSSR count). The number of hydrogen-bond acceptors (Lipinski definition) is 4. The molecule has 2 N–H and O–H groups in total. The zero-order valence-electron chi connectivity index (χ0n) is 13.9. The third-order valence-electron chi connectivity index (χ3n) is 3.87. The first-order valence-corrected chi connectivity index (χ1v) is 9.19.